The summed E-state index contributed by atoms with van der Waals surface area (Å²) in [4.78, 5) is 11.1. The minimum absolute atomic E-state index is 0.0485. The van der Waals surface area contributed by atoms with Gasteiger partial charge in [-0.2, -0.15) is 0 Å². The van der Waals surface area contributed by atoms with Crippen LogP contribution in [0.3, 0.4) is 0 Å². The first-order valence-corrected chi connectivity index (χ1v) is 4.92. The number of carbonyl (C=O) groups is 1. The van der Waals surface area contributed by atoms with Crippen LogP contribution in [0.4, 0.5) is 0 Å². The van der Waals surface area contributed by atoms with Crippen molar-refractivity contribution in [2.75, 3.05) is 13.2 Å². The first kappa shape index (κ1) is 10.5. The van der Waals surface area contributed by atoms with Crippen molar-refractivity contribution >= 4 is 5.97 Å². The van der Waals surface area contributed by atoms with E-state index in [2.05, 4.69) is 0 Å². The molecule has 0 saturated heterocycles. The van der Waals surface area contributed by atoms with E-state index in [-0.39, 0.29) is 18.5 Å². The van der Waals surface area contributed by atoms with Crippen LogP contribution in [0, 0.1) is 17.8 Å². The molecule has 1 N–H and O–H groups in total. The summed E-state index contributed by atoms with van der Waals surface area (Å²) < 4.78 is 5.09. The molecule has 1 fully saturated rings. The molecule has 3 heteroatoms. The number of carbonyl (C=O) groups excluding carboxylic acids is 1. The maximum Gasteiger partial charge on any atom is 0.308 e. The third kappa shape index (κ3) is 2.69. The van der Waals surface area contributed by atoms with Gasteiger partial charge in [0.1, 0.15) is 0 Å². The lowest BCUT2D eigenvalue weighted by molar-refractivity contribution is -0.151. The van der Waals surface area contributed by atoms with Crippen LogP contribution in [-0.2, 0) is 9.53 Å². The van der Waals surface area contributed by atoms with E-state index in [4.69, 9.17) is 9.84 Å². The maximum atomic E-state index is 11.1. The third-order valence-electron chi connectivity index (χ3n) is 2.72. The zero-order valence-corrected chi connectivity index (χ0v) is 8.32. The summed E-state index contributed by atoms with van der Waals surface area (Å²) >= 11 is 0. The molecule has 0 heterocycles. The number of aliphatic hydroxyl groups is 1. The van der Waals surface area contributed by atoms with Gasteiger partial charge >= 0.3 is 5.97 Å². The van der Waals surface area contributed by atoms with Crippen LogP contribution in [0.5, 0.6) is 0 Å². The molecule has 3 nitrogen and oxygen atoms in total. The Hall–Kier alpha value is -0.570. The maximum absolute atomic E-state index is 11.1. The SMILES string of the molecule is CC(C)C(=O)OC[C@@H]1CC[C@@H]1CO. The van der Waals surface area contributed by atoms with Gasteiger partial charge in [-0.1, -0.05) is 13.8 Å². The second-order valence-electron chi connectivity index (χ2n) is 4.06. The lowest BCUT2D eigenvalue weighted by Crippen LogP contribution is -2.33. The second-order valence-corrected chi connectivity index (χ2v) is 4.06. The van der Waals surface area contributed by atoms with Crippen LogP contribution < -0.4 is 0 Å². The predicted molar refractivity (Wildman–Crippen MR) is 49.1 cm³/mol. The number of esters is 1. The molecule has 0 aromatic rings. The van der Waals surface area contributed by atoms with Crippen LogP contribution in [0.1, 0.15) is 26.7 Å². The first-order chi connectivity index (χ1) is 6.15. The molecule has 0 aromatic heterocycles. The van der Waals surface area contributed by atoms with Crippen LogP contribution in [0.2, 0.25) is 0 Å². The number of ether oxygens (including phenoxy) is 1. The van der Waals surface area contributed by atoms with Crippen LogP contribution in [0.25, 0.3) is 0 Å². The molecule has 0 spiro atoms. The summed E-state index contributed by atoms with van der Waals surface area (Å²) in [6.45, 7) is 4.37. The van der Waals surface area contributed by atoms with Crippen molar-refractivity contribution in [1.82, 2.24) is 0 Å². The highest BCUT2D eigenvalue weighted by Crippen LogP contribution is 2.33. The van der Waals surface area contributed by atoms with Gasteiger partial charge in [0.2, 0.25) is 0 Å². The summed E-state index contributed by atoms with van der Waals surface area (Å²) in [5.41, 5.74) is 0. The fraction of sp³-hybridized carbons (Fsp3) is 0.900. The lowest BCUT2D eigenvalue weighted by atomic mass is 9.75. The Labute approximate surface area is 79.1 Å². The Bertz CT molecular complexity index is 175. The summed E-state index contributed by atoms with van der Waals surface area (Å²) in [6, 6.07) is 0. The Morgan fingerprint density at radius 1 is 1.46 bits per heavy atom. The highest BCUT2D eigenvalue weighted by Gasteiger charge is 2.31. The number of aliphatic hydroxyl groups excluding tert-OH is 1. The van der Waals surface area contributed by atoms with Crippen molar-refractivity contribution in [3.63, 3.8) is 0 Å². The van der Waals surface area contributed by atoms with Crippen LogP contribution >= 0.6 is 0 Å². The Morgan fingerprint density at radius 3 is 2.46 bits per heavy atom. The summed E-state index contributed by atoms with van der Waals surface area (Å²) in [5.74, 6) is 0.573. The molecule has 1 saturated carbocycles. The number of hydrogen-bond donors (Lipinski definition) is 1. The molecule has 76 valence electrons. The van der Waals surface area contributed by atoms with E-state index in [9.17, 15) is 4.79 Å². The molecule has 0 unspecified atom stereocenters. The summed E-state index contributed by atoms with van der Waals surface area (Å²) in [5, 5.41) is 8.89. The van der Waals surface area contributed by atoms with Crippen molar-refractivity contribution in [3.05, 3.63) is 0 Å². The molecule has 0 aromatic carbocycles. The molecule has 0 bridgehead atoms. The fourth-order valence-corrected chi connectivity index (χ4v) is 1.45. The third-order valence-corrected chi connectivity index (χ3v) is 2.72. The standard InChI is InChI=1S/C10H18O3/c1-7(2)10(12)13-6-9-4-3-8(9)5-11/h7-9,11H,3-6H2,1-2H3/t8-,9+/m1/s1. The van der Waals surface area contributed by atoms with Crippen LogP contribution in [0.15, 0.2) is 0 Å². The van der Waals surface area contributed by atoms with Gasteiger partial charge in [0.25, 0.3) is 0 Å². The van der Waals surface area contributed by atoms with E-state index in [0.29, 0.717) is 18.4 Å². The molecular formula is C10H18O3. The zero-order valence-electron chi connectivity index (χ0n) is 8.32. The Balaban J connectivity index is 2.16. The molecule has 0 radical (unpaired) electrons. The van der Waals surface area contributed by atoms with Crippen molar-refractivity contribution in [1.29, 1.82) is 0 Å². The predicted octanol–water partition coefficient (Wildman–Crippen LogP) is 1.20. The normalized spacial score (nSPS) is 27.1. The van der Waals surface area contributed by atoms with Crippen LogP contribution in [-0.4, -0.2) is 24.3 Å². The van der Waals surface area contributed by atoms with Crippen molar-refractivity contribution in [2.24, 2.45) is 17.8 Å². The summed E-state index contributed by atoms with van der Waals surface area (Å²) in [7, 11) is 0. The van der Waals surface area contributed by atoms with Gasteiger partial charge in [0.15, 0.2) is 0 Å². The molecule has 2 atom stereocenters. The van der Waals surface area contributed by atoms with Crippen molar-refractivity contribution < 1.29 is 14.6 Å². The molecule has 0 amide bonds. The smallest absolute Gasteiger partial charge is 0.308 e. The van der Waals surface area contributed by atoms with Gasteiger partial charge in [-0.05, 0) is 24.7 Å². The molecule has 1 rings (SSSR count). The van der Waals surface area contributed by atoms with Crippen molar-refractivity contribution in [3.8, 4) is 0 Å². The van der Waals surface area contributed by atoms with Gasteiger partial charge in [-0.25, -0.2) is 0 Å². The van der Waals surface area contributed by atoms with E-state index in [0.717, 1.165) is 12.8 Å². The second kappa shape index (κ2) is 4.61. The van der Waals surface area contributed by atoms with E-state index < -0.39 is 0 Å². The number of rotatable bonds is 4. The van der Waals surface area contributed by atoms with Gasteiger partial charge in [-0.3, -0.25) is 4.79 Å². The topological polar surface area (TPSA) is 46.5 Å². The largest absolute Gasteiger partial charge is 0.465 e. The average Bonchev–Trinajstić information content (AvgIpc) is 2.03. The zero-order chi connectivity index (χ0) is 9.84. The summed E-state index contributed by atoms with van der Waals surface area (Å²) in [6.07, 6.45) is 2.15. The van der Waals surface area contributed by atoms with Gasteiger partial charge in [-0.15, -0.1) is 0 Å². The van der Waals surface area contributed by atoms with Crippen molar-refractivity contribution in [2.45, 2.75) is 26.7 Å². The first-order valence-electron chi connectivity index (χ1n) is 4.92. The highest BCUT2D eigenvalue weighted by atomic mass is 16.5. The van der Waals surface area contributed by atoms with E-state index in [1.807, 2.05) is 13.8 Å². The minimum Gasteiger partial charge on any atom is -0.465 e. The molecule has 13 heavy (non-hydrogen) atoms. The van der Waals surface area contributed by atoms with Gasteiger partial charge < -0.3 is 9.84 Å². The molecular weight excluding hydrogens is 168 g/mol. The minimum atomic E-state index is -0.136. The van der Waals surface area contributed by atoms with Gasteiger partial charge in [0, 0.05) is 6.61 Å². The quantitative estimate of drug-likeness (QED) is 0.671. The van der Waals surface area contributed by atoms with E-state index in [1.54, 1.807) is 0 Å². The molecule has 1 aliphatic rings. The average molecular weight is 186 g/mol. The lowest BCUT2D eigenvalue weighted by Gasteiger charge is -2.34. The van der Waals surface area contributed by atoms with E-state index in [1.165, 1.54) is 0 Å². The number of hydrogen-bond acceptors (Lipinski definition) is 3. The Kier molecular flexibility index (Phi) is 3.72. The highest BCUT2D eigenvalue weighted by molar-refractivity contribution is 5.71. The van der Waals surface area contributed by atoms with Gasteiger partial charge in [0.05, 0.1) is 12.5 Å². The molecule has 1 aliphatic carbocycles. The fourth-order valence-electron chi connectivity index (χ4n) is 1.45. The Morgan fingerprint density at radius 2 is 2.08 bits per heavy atom. The van der Waals surface area contributed by atoms with E-state index >= 15 is 0 Å². The molecule has 0 aliphatic heterocycles. The monoisotopic (exact) mass is 186 g/mol.